The van der Waals surface area contributed by atoms with Crippen LogP contribution in [0.5, 0.6) is 0 Å². The maximum atomic E-state index is 11.4. The van der Waals surface area contributed by atoms with Gasteiger partial charge in [-0.05, 0) is 24.6 Å². The number of benzene rings is 2. The summed E-state index contributed by atoms with van der Waals surface area (Å²) in [5.74, 6) is 1.82. The van der Waals surface area contributed by atoms with Crippen LogP contribution in [-0.2, 0) is 23.1 Å². The van der Waals surface area contributed by atoms with Crippen LogP contribution in [0.2, 0.25) is 5.02 Å². The lowest BCUT2D eigenvalue weighted by Crippen LogP contribution is -2.01. The Morgan fingerprint density at radius 2 is 1.96 bits per heavy atom. The molecule has 130 valence electrons. The molecule has 0 saturated heterocycles. The zero-order chi connectivity index (χ0) is 17.8. The molecule has 0 spiro atoms. The highest BCUT2D eigenvalue weighted by Crippen LogP contribution is 2.25. The number of rotatable bonds is 6. The van der Waals surface area contributed by atoms with Gasteiger partial charge in [-0.25, -0.2) is 4.98 Å². The lowest BCUT2D eigenvalue weighted by Gasteiger charge is -2.08. The summed E-state index contributed by atoms with van der Waals surface area (Å²) >= 11 is 6.23. The van der Waals surface area contributed by atoms with Crippen molar-refractivity contribution in [3.8, 4) is 11.3 Å². The zero-order valence-electron chi connectivity index (χ0n) is 14.1. The number of nitrogens with zero attached hydrogens (tertiary/aromatic N) is 1. The van der Waals surface area contributed by atoms with Gasteiger partial charge in [-0.3, -0.25) is 4.21 Å². The SMILES string of the molecule is Cc1ccc(-c2cnc(CNc3cc(CS(C)=O)ccc3Cl)o2)cc1. The number of hydrogen-bond acceptors (Lipinski definition) is 4. The molecule has 0 aliphatic rings. The number of anilines is 1. The first-order valence-corrected chi connectivity index (χ1v) is 9.96. The summed E-state index contributed by atoms with van der Waals surface area (Å²) in [5.41, 5.74) is 3.95. The summed E-state index contributed by atoms with van der Waals surface area (Å²) in [4.78, 5) is 4.31. The monoisotopic (exact) mass is 374 g/mol. The largest absolute Gasteiger partial charge is 0.439 e. The third-order valence-electron chi connectivity index (χ3n) is 3.72. The van der Waals surface area contributed by atoms with E-state index in [-0.39, 0.29) is 0 Å². The second kappa shape index (κ2) is 7.85. The average Bonchev–Trinajstić information content (AvgIpc) is 3.04. The predicted molar refractivity (Wildman–Crippen MR) is 103 cm³/mol. The minimum atomic E-state index is -0.893. The highest BCUT2D eigenvalue weighted by Gasteiger charge is 2.08. The summed E-state index contributed by atoms with van der Waals surface area (Å²) in [7, 11) is -0.893. The second-order valence-electron chi connectivity index (χ2n) is 5.87. The van der Waals surface area contributed by atoms with Crippen LogP contribution in [0.4, 0.5) is 5.69 Å². The molecule has 2 aromatic carbocycles. The van der Waals surface area contributed by atoms with Gasteiger partial charge in [-0.15, -0.1) is 0 Å². The van der Waals surface area contributed by atoms with Crippen molar-refractivity contribution in [3.63, 3.8) is 0 Å². The maximum absolute atomic E-state index is 11.4. The van der Waals surface area contributed by atoms with Crippen molar-refractivity contribution < 1.29 is 8.63 Å². The Morgan fingerprint density at radius 3 is 2.68 bits per heavy atom. The van der Waals surface area contributed by atoms with Gasteiger partial charge in [-0.2, -0.15) is 0 Å². The Hall–Kier alpha value is -2.11. The smallest absolute Gasteiger partial charge is 0.214 e. The van der Waals surface area contributed by atoms with Crippen LogP contribution in [-0.4, -0.2) is 15.4 Å². The third kappa shape index (κ3) is 4.71. The fraction of sp³-hybridized carbons (Fsp3) is 0.211. The van der Waals surface area contributed by atoms with E-state index in [9.17, 15) is 4.21 Å². The number of halogens is 1. The van der Waals surface area contributed by atoms with Crippen molar-refractivity contribution in [2.45, 2.75) is 19.2 Å². The first kappa shape index (κ1) is 17.7. The van der Waals surface area contributed by atoms with Gasteiger partial charge in [0.15, 0.2) is 5.76 Å². The Labute approximate surface area is 154 Å². The second-order valence-corrected chi connectivity index (χ2v) is 7.71. The van der Waals surface area contributed by atoms with Crippen LogP contribution in [0.3, 0.4) is 0 Å². The fourth-order valence-corrected chi connectivity index (χ4v) is 3.28. The Kier molecular flexibility index (Phi) is 5.56. The molecule has 1 unspecified atom stereocenters. The average molecular weight is 375 g/mol. The van der Waals surface area contributed by atoms with Crippen molar-refractivity contribution in [1.29, 1.82) is 0 Å². The third-order valence-corrected chi connectivity index (χ3v) is 4.79. The molecular formula is C19H19ClN2O2S. The Balaban J connectivity index is 1.70. The van der Waals surface area contributed by atoms with Gasteiger partial charge in [0.1, 0.15) is 0 Å². The van der Waals surface area contributed by atoms with Gasteiger partial charge >= 0.3 is 0 Å². The summed E-state index contributed by atoms with van der Waals surface area (Å²) < 4.78 is 17.2. The van der Waals surface area contributed by atoms with Crippen LogP contribution in [0.1, 0.15) is 17.0 Å². The van der Waals surface area contributed by atoms with E-state index in [0.29, 0.717) is 23.2 Å². The zero-order valence-corrected chi connectivity index (χ0v) is 15.7. The summed E-state index contributed by atoms with van der Waals surface area (Å²) in [5, 5.41) is 3.84. The molecule has 0 bridgehead atoms. The first-order valence-electron chi connectivity index (χ1n) is 7.85. The van der Waals surface area contributed by atoms with Crippen LogP contribution in [0, 0.1) is 6.92 Å². The molecule has 1 aromatic heterocycles. The lowest BCUT2D eigenvalue weighted by molar-refractivity contribution is 0.516. The van der Waals surface area contributed by atoms with Crippen LogP contribution in [0.15, 0.2) is 53.1 Å². The lowest BCUT2D eigenvalue weighted by atomic mass is 10.1. The van der Waals surface area contributed by atoms with Crippen molar-refractivity contribution in [1.82, 2.24) is 4.98 Å². The number of hydrogen-bond donors (Lipinski definition) is 1. The molecule has 6 heteroatoms. The highest BCUT2D eigenvalue weighted by atomic mass is 35.5. The van der Waals surface area contributed by atoms with E-state index in [2.05, 4.69) is 10.3 Å². The molecule has 0 radical (unpaired) electrons. The summed E-state index contributed by atoms with van der Waals surface area (Å²) in [6.45, 7) is 2.47. The Morgan fingerprint density at radius 1 is 1.20 bits per heavy atom. The molecule has 1 heterocycles. The molecule has 0 fully saturated rings. The van der Waals surface area contributed by atoms with E-state index in [4.69, 9.17) is 16.0 Å². The molecular weight excluding hydrogens is 356 g/mol. The molecule has 25 heavy (non-hydrogen) atoms. The summed E-state index contributed by atoms with van der Waals surface area (Å²) in [6.07, 6.45) is 3.40. The van der Waals surface area contributed by atoms with Gasteiger partial charge in [-0.1, -0.05) is 47.5 Å². The number of oxazole rings is 1. The molecule has 3 rings (SSSR count). The van der Waals surface area contributed by atoms with Gasteiger partial charge in [0, 0.05) is 28.4 Å². The van der Waals surface area contributed by atoms with Crippen LogP contribution in [0.25, 0.3) is 11.3 Å². The van der Waals surface area contributed by atoms with E-state index in [0.717, 1.165) is 22.6 Å². The molecule has 3 aromatic rings. The number of aryl methyl sites for hydroxylation is 1. The molecule has 0 amide bonds. The van der Waals surface area contributed by atoms with Gasteiger partial charge in [0.05, 0.1) is 23.5 Å². The number of nitrogens with one attached hydrogen (secondary N) is 1. The maximum Gasteiger partial charge on any atom is 0.214 e. The van der Waals surface area contributed by atoms with E-state index in [1.807, 2.05) is 43.3 Å². The van der Waals surface area contributed by atoms with Crippen molar-refractivity contribution in [3.05, 3.63) is 70.7 Å². The summed E-state index contributed by atoms with van der Waals surface area (Å²) in [6, 6.07) is 13.7. The van der Waals surface area contributed by atoms with Crippen molar-refractivity contribution in [2.75, 3.05) is 11.6 Å². The molecule has 0 saturated carbocycles. The van der Waals surface area contributed by atoms with Crippen LogP contribution < -0.4 is 5.32 Å². The van der Waals surface area contributed by atoms with Crippen molar-refractivity contribution in [2.24, 2.45) is 0 Å². The first-order chi connectivity index (χ1) is 12.0. The standard InChI is InChI=1S/C19H19ClN2O2S/c1-13-3-6-15(7-4-13)18-10-22-19(24-18)11-21-17-9-14(12-25(2)23)5-8-16(17)20/h3-10,21H,11-12H2,1-2H3. The Bertz CT molecular complexity index is 891. The number of aromatic nitrogens is 1. The van der Waals surface area contributed by atoms with E-state index >= 15 is 0 Å². The van der Waals surface area contributed by atoms with Gasteiger partial charge in [0.25, 0.3) is 0 Å². The van der Waals surface area contributed by atoms with E-state index in [1.54, 1.807) is 18.5 Å². The van der Waals surface area contributed by atoms with Gasteiger partial charge < -0.3 is 9.73 Å². The minimum Gasteiger partial charge on any atom is -0.439 e. The van der Waals surface area contributed by atoms with Crippen molar-refractivity contribution >= 4 is 28.1 Å². The highest BCUT2D eigenvalue weighted by molar-refractivity contribution is 7.83. The molecule has 0 aliphatic heterocycles. The minimum absolute atomic E-state index is 0.421. The van der Waals surface area contributed by atoms with E-state index in [1.165, 1.54) is 5.56 Å². The predicted octanol–water partition coefficient (Wildman–Crippen LogP) is 4.79. The topological polar surface area (TPSA) is 55.1 Å². The molecule has 1 N–H and O–H groups in total. The molecule has 0 aliphatic carbocycles. The quantitative estimate of drug-likeness (QED) is 0.673. The van der Waals surface area contributed by atoms with E-state index < -0.39 is 10.8 Å². The fourth-order valence-electron chi connectivity index (χ4n) is 2.45. The normalized spacial score (nSPS) is 12.1. The molecule has 4 nitrogen and oxygen atoms in total. The van der Waals surface area contributed by atoms with Gasteiger partial charge in [0.2, 0.25) is 5.89 Å². The molecule has 1 atom stereocenters. The van der Waals surface area contributed by atoms with Crippen LogP contribution >= 0.6 is 11.6 Å².